The third kappa shape index (κ3) is 3.06. The lowest BCUT2D eigenvalue weighted by molar-refractivity contribution is -0.120. The molecule has 0 saturated carbocycles. The maximum absolute atomic E-state index is 13.3. The van der Waals surface area contributed by atoms with Crippen molar-refractivity contribution >= 4 is 21.7 Å². The Kier molecular flexibility index (Phi) is 4.17. The van der Waals surface area contributed by atoms with Gasteiger partial charge in [0, 0.05) is 17.4 Å². The van der Waals surface area contributed by atoms with Gasteiger partial charge in [0.2, 0.25) is 0 Å². The molecule has 0 aliphatic carbocycles. The number of fused-ring (bicyclic) bond motifs is 1. The van der Waals surface area contributed by atoms with Crippen LogP contribution in [0.25, 0.3) is 0 Å². The van der Waals surface area contributed by atoms with Gasteiger partial charge in [-0.05, 0) is 41.3 Å². The standard InChI is InChI=1S/C17H15BrFNO/c18-15-6-5-13(19)9-12(15)10-16(21)17-14-4-2-1-3-11(14)7-8-20-17/h1-6,9,17,20H,7-8,10H2. The van der Waals surface area contributed by atoms with Crippen molar-refractivity contribution in [1.82, 2.24) is 5.32 Å². The molecule has 0 saturated heterocycles. The first-order valence-electron chi connectivity index (χ1n) is 6.93. The van der Waals surface area contributed by atoms with E-state index in [2.05, 4.69) is 27.3 Å². The van der Waals surface area contributed by atoms with Crippen molar-refractivity contribution in [3.05, 3.63) is 69.4 Å². The zero-order valence-electron chi connectivity index (χ0n) is 11.4. The number of benzene rings is 2. The molecule has 2 nitrogen and oxygen atoms in total. The largest absolute Gasteiger partial charge is 0.303 e. The van der Waals surface area contributed by atoms with E-state index in [4.69, 9.17) is 0 Å². The smallest absolute Gasteiger partial charge is 0.158 e. The SMILES string of the molecule is O=C(Cc1cc(F)ccc1Br)C1NCCc2ccccc21. The lowest BCUT2D eigenvalue weighted by Gasteiger charge is -2.26. The fraction of sp³-hybridized carbons (Fsp3) is 0.235. The summed E-state index contributed by atoms with van der Waals surface area (Å²) in [6.45, 7) is 0.789. The van der Waals surface area contributed by atoms with Crippen LogP contribution in [0.3, 0.4) is 0 Å². The Hall–Kier alpha value is -1.52. The molecule has 4 heteroatoms. The molecule has 0 bridgehead atoms. The molecule has 2 aromatic carbocycles. The quantitative estimate of drug-likeness (QED) is 0.919. The van der Waals surface area contributed by atoms with Crippen LogP contribution in [-0.2, 0) is 17.6 Å². The van der Waals surface area contributed by atoms with Gasteiger partial charge in [0.15, 0.2) is 5.78 Å². The van der Waals surface area contributed by atoms with Crippen LogP contribution >= 0.6 is 15.9 Å². The summed E-state index contributed by atoms with van der Waals surface area (Å²) in [5.74, 6) is -0.258. The van der Waals surface area contributed by atoms with Crippen molar-refractivity contribution in [1.29, 1.82) is 0 Å². The van der Waals surface area contributed by atoms with E-state index in [0.717, 1.165) is 23.0 Å². The van der Waals surface area contributed by atoms with Crippen molar-refractivity contribution in [2.24, 2.45) is 0 Å². The molecule has 1 N–H and O–H groups in total. The van der Waals surface area contributed by atoms with Crippen LogP contribution in [0.4, 0.5) is 4.39 Å². The van der Waals surface area contributed by atoms with Gasteiger partial charge in [0.1, 0.15) is 5.82 Å². The summed E-state index contributed by atoms with van der Waals surface area (Å²) in [5.41, 5.74) is 2.94. The lowest BCUT2D eigenvalue weighted by Crippen LogP contribution is -2.35. The fourth-order valence-electron chi connectivity index (χ4n) is 2.76. The fourth-order valence-corrected chi connectivity index (χ4v) is 3.15. The van der Waals surface area contributed by atoms with Crippen LogP contribution in [0, 0.1) is 5.82 Å². The van der Waals surface area contributed by atoms with E-state index in [1.165, 1.54) is 17.7 Å². The average Bonchev–Trinajstić information content (AvgIpc) is 2.50. The molecular formula is C17H15BrFNO. The number of carbonyl (C=O) groups is 1. The Labute approximate surface area is 131 Å². The molecule has 0 aromatic heterocycles. The monoisotopic (exact) mass is 347 g/mol. The normalized spacial score (nSPS) is 17.3. The number of carbonyl (C=O) groups excluding carboxylic acids is 1. The van der Waals surface area contributed by atoms with Gasteiger partial charge in [-0.1, -0.05) is 40.2 Å². The van der Waals surface area contributed by atoms with Gasteiger partial charge < -0.3 is 5.32 Å². The topological polar surface area (TPSA) is 29.1 Å². The molecule has 1 atom stereocenters. The second-order valence-corrected chi connectivity index (χ2v) is 6.07. The maximum atomic E-state index is 13.3. The van der Waals surface area contributed by atoms with Gasteiger partial charge in [-0.25, -0.2) is 4.39 Å². The lowest BCUT2D eigenvalue weighted by atomic mass is 9.90. The van der Waals surface area contributed by atoms with Crippen molar-refractivity contribution in [3.8, 4) is 0 Å². The summed E-state index contributed by atoms with van der Waals surface area (Å²) < 4.78 is 14.1. The first-order valence-corrected chi connectivity index (χ1v) is 7.72. The third-order valence-electron chi connectivity index (χ3n) is 3.80. The molecule has 21 heavy (non-hydrogen) atoms. The van der Waals surface area contributed by atoms with E-state index >= 15 is 0 Å². The average molecular weight is 348 g/mol. The van der Waals surface area contributed by atoms with Gasteiger partial charge in [0.25, 0.3) is 0 Å². The molecule has 3 rings (SSSR count). The van der Waals surface area contributed by atoms with Crippen molar-refractivity contribution < 1.29 is 9.18 Å². The Balaban J connectivity index is 1.85. The Morgan fingerprint density at radius 1 is 1.29 bits per heavy atom. The van der Waals surface area contributed by atoms with Gasteiger partial charge >= 0.3 is 0 Å². The molecule has 0 fully saturated rings. The summed E-state index contributed by atoms with van der Waals surface area (Å²) in [6.07, 6.45) is 1.15. The van der Waals surface area contributed by atoms with E-state index < -0.39 is 0 Å². The van der Waals surface area contributed by atoms with Crippen LogP contribution in [0.2, 0.25) is 0 Å². The molecule has 2 aromatic rings. The maximum Gasteiger partial charge on any atom is 0.158 e. The van der Waals surface area contributed by atoms with E-state index in [1.54, 1.807) is 6.07 Å². The van der Waals surface area contributed by atoms with Gasteiger partial charge in [-0.2, -0.15) is 0 Å². The van der Waals surface area contributed by atoms with E-state index in [0.29, 0.717) is 5.56 Å². The van der Waals surface area contributed by atoms with Crippen molar-refractivity contribution in [3.63, 3.8) is 0 Å². The molecule has 1 heterocycles. The highest BCUT2D eigenvalue weighted by molar-refractivity contribution is 9.10. The Morgan fingerprint density at radius 2 is 2.10 bits per heavy atom. The molecule has 0 amide bonds. The zero-order valence-corrected chi connectivity index (χ0v) is 13.0. The molecule has 1 aliphatic rings. The van der Waals surface area contributed by atoms with Crippen molar-refractivity contribution in [2.75, 3.05) is 6.54 Å². The predicted molar refractivity (Wildman–Crippen MR) is 83.7 cm³/mol. The number of rotatable bonds is 3. The molecule has 0 radical (unpaired) electrons. The van der Waals surface area contributed by atoms with Crippen LogP contribution in [0.5, 0.6) is 0 Å². The summed E-state index contributed by atoms with van der Waals surface area (Å²) in [4.78, 5) is 12.6. The van der Waals surface area contributed by atoms with Crippen LogP contribution in [0.1, 0.15) is 22.7 Å². The highest BCUT2D eigenvalue weighted by Crippen LogP contribution is 2.26. The number of nitrogens with one attached hydrogen (secondary N) is 1. The number of hydrogen-bond acceptors (Lipinski definition) is 2. The minimum atomic E-state index is -0.321. The summed E-state index contributed by atoms with van der Waals surface area (Å²) in [6, 6.07) is 12.1. The first kappa shape index (κ1) is 14.4. The highest BCUT2D eigenvalue weighted by Gasteiger charge is 2.26. The van der Waals surface area contributed by atoms with Gasteiger partial charge in [-0.3, -0.25) is 4.79 Å². The van der Waals surface area contributed by atoms with Gasteiger partial charge in [-0.15, -0.1) is 0 Å². The summed E-state index contributed by atoms with van der Waals surface area (Å²) in [7, 11) is 0. The minimum Gasteiger partial charge on any atom is -0.303 e. The first-order chi connectivity index (χ1) is 10.1. The van der Waals surface area contributed by atoms with Crippen LogP contribution in [0.15, 0.2) is 46.9 Å². The van der Waals surface area contributed by atoms with E-state index in [9.17, 15) is 9.18 Å². The number of halogens is 2. The van der Waals surface area contributed by atoms with Crippen LogP contribution < -0.4 is 5.32 Å². The summed E-state index contributed by atoms with van der Waals surface area (Å²) in [5, 5.41) is 3.27. The van der Waals surface area contributed by atoms with E-state index in [-0.39, 0.29) is 24.1 Å². The number of hydrogen-bond donors (Lipinski definition) is 1. The molecule has 1 aliphatic heterocycles. The molecule has 0 spiro atoms. The number of Topliss-reactive ketones (excluding diaryl/α,β-unsaturated/α-hetero) is 1. The van der Waals surface area contributed by atoms with Crippen molar-refractivity contribution in [2.45, 2.75) is 18.9 Å². The molecule has 108 valence electrons. The van der Waals surface area contributed by atoms with Gasteiger partial charge in [0.05, 0.1) is 6.04 Å². The second-order valence-electron chi connectivity index (χ2n) is 5.21. The Bertz CT molecular complexity index is 686. The highest BCUT2D eigenvalue weighted by atomic mass is 79.9. The van der Waals surface area contributed by atoms with Crippen LogP contribution in [-0.4, -0.2) is 12.3 Å². The zero-order chi connectivity index (χ0) is 14.8. The predicted octanol–water partition coefficient (Wildman–Crippen LogP) is 3.59. The molecular weight excluding hydrogens is 333 g/mol. The van der Waals surface area contributed by atoms with E-state index in [1.807, 2.05) is 18.2 Å². The minimum absolute atomic E-state index is 0.0634. The number of ketones is 1. The second kappa shape index (κ2) is 6.08. The Morgan fingerprint density at radius 3 is 2.95 bits per heavy atom. The summed E-state index contributed by atoms with van der Waals surface area (Å²) >= 11 is 3.38. The molecule has 1 unspecified atom stereocenters. The third-order valence-corrected chi connectivity index (χ3v) is 4.58.